The van der Waals surface area contributed by atoms with Gasteiger partial charge in [0.1, 0.15) is 23.5 Å². The molecule has 9 heteroatoms. The van der Waals surface area contributed by atoms with Gasteiger partial charge in [0.15, 0.2) is 0 Å². The van der Waals surface area contributed by atoms with Gasteiger partial charge in [-0.1, -0.05) is 36.4 Å². The number of carboxylic acids is 1. The van der Waals surface area contributed by atoms with Crippen LogP contribution in [0, 0.1) is 5.82 Å². The van der Waals surface area contributed by atoms with E-state index in [2.05, 4.69) is 31.5 Å². The summed E-state index contributed by atoms with van der Waals surface area (Å²) >= 11 is 3.12. The number of benzene rings is 2. The Kier molecular flexibility index (Phi) is 9.48. The molecule has 3 aromatic rings. The summed E-state index contributed by atoms with van der Waals surface area (Å²) in [4.78, 5) is 40.6. The van der Waals surface area contributed by atoms with Crippen molar-refractivity contribution in [2.24, 2.45) is 0 Å². The zero-order valence-corrected chi connectivity index (χ0v) is 20.4. The van der Waals surface area contributed by atoms with Crippen molar-refractivity contribution in [3.05, 3.63) is 93.8 Å². The number of carbonyl (C=O) groups excluding carboxylic acids is 2. The summed E-state index contributed by atoms with van der Waals surface area (Å²) in [7, 11) is 0. The van der Waals surface area contributed by atoms with Crippen LogP contribution in [0.25, 0.3) is 0 Å². The predicted octanol–water partition coefficient (Wildman–Crippen LogP) is 4.41. The number of Topliss-reactive ketones (excluding diaryl/α,β-unsaturated/α-hetero) is 1. The quantitative estimate of drug-likeness (QED) is 0.293. The number of pyridine rings is 1. The maximum atomic E-state index is 14.0. The molecule has 1 heterocycles. The molecule has 0 aliphatic rings. The number of aliphatic carboxylic acids is 1. The molecule has 0 fully saturated rings. The zero-order chi connectivity index (χ0) is 25.2. The third-order valence-corrected chi connectivity index (χ3v) is 5.92. The molecule has 1 amide bonds. The Morgan fingerprint density at radius 1 is 1.00 bits per heavy atom. The van der Waals surface area contributed by atoms with Gasteiger partial charge in [0.2, 0.25) is 0 Å². The summed E-state index contributed by atoms with van der Waals surface area (Å²) in [5, 5.41) is 15.1. The smallest absolute Gasteiger partial charge is 0.326 e. The van der Waals surface area contributed by atoms with Gasteiger partial charge in [-0.3, -0.25) is 9.59 Å². The maximum absolute atomic E-state index is 14.0. The van der Waals surface area contributed by atoms with Crippen molar-refractivity contribution < 1.29 is 23.9 Å². The number of amides is 1. The topological polar surface area (TPSA) is 108 Å². The highest BCUT2D eigenvalue weighted by Crippen LogP contribution is 2.20. The van der Waals surface area contributed by atoms with E-state index >= 15 is 0 Å². The van der Waals surface area contributed by atoms with Gasteiger partial charge < -0.3 is 15.7 Å². The number of hydrogen-bond acceptors (Lipinski definition) is 5. The Morgan fingerprint density at radius 2 is 1.74 bits per heavy atom. The summed E-state index contributed by atoms with van der Waals surface area (Å²) in [5.74, 6) is -1.92. The molecule has 2 aromatic carbocycles. The van der Waals surface area contributed by atoms with Crippen molar-refractivity contribution in [1.29, 1.82) is 0 Å². The number of nitrogens with zero attached hydrogens (tertiary/aromatic N) is 1. The monoisotopic (exact) mass is 541 g/mol. The van der Waals surface area contributed by atoms with E-state index < -0.39 is 23.7 Å². The van der Waals surface area contributed by atoms with Crippen LogP contribution in [0.5, 0.6) is 0 Å². The van der Waals surface area contributed by atoms with Gasteiger partial charge in [-0.25, -0.2) is 14.2 Å². The molecule has 0 radical (unpaired) electrons. The second-order valence-electron chi connectivity index (χ2n) is 7.94. The highest BCUT2D eigenvalue weighted by atomic mass is 79.9. The number of anilines is 1. The van der Waals surface area contributed by atoms with Crippen molar-refractivity contribution in [2.75, 3.05) is 11.9 Å². The number of carboxylic acid groups (broad SMARTS) is 1. The first kappa shape index (κ1) is 26.0. The molecule has 0 bridgehead atoms. The van der Waals surface area contributed by atoms with Gasteiger partial charge in [-0.2, -0.15) is 0 Å². The van der Waals surface area contributed by atoms with E-state index in [0.717, 1.165) is 17.4 Å². The Balaban J connectivity index is 1.49. The van der Waals surface area contributed by atoms with Crippen LogP contribution >= 0.6 is 15.9 Å². The van der Waals surface area contributed by atoms with Crippen molar-refractivity contribution >= 4 is 39.4 Å². The molecule has 3 N–H and O–H groups in total. The van der Waals surface area contributed by atoms with Crippen LogP contribution in [-0.4, -0.2) is 40.3 Å². The van der Waals surface area contributed by atoms with Gasteiger partial charge in [-0.15, -0.1) is 0 Å². The maximum Gasteiger partial charge on any atom is 0.326 e. The Hall–Kier alpha value is -3.59. The lowest BCUT2D eigenvalue weighted by Crippen LogP contribution is -2.42. The first-order valence-corrected chi connectivity index (χ1v) is 11.8. The molecule has 0 unspecified atom stereocenters. The highest BCUT2D eigenvalue weighted by Gasteiger charge is 2.24. The van der Waals surface area contributed by atoms with Gasteiger partial charge in [0.25, 0.3) is 5.91 Å². The number of ketones is 1. The van der Waals surface area contributed by atoms with E-state index in [1.807, 2.05) is 18.2 Å². The second kappa shape index (κ2) is 12.8. The van der Waals surface area contributed by atoms with Crippen LogP contribution in [-0.2, 0) is 22.4 Å². The molecule has 1 atom stereocenters. The Labute approximate surface area is 210 Å². The van der Waals surface area contributed by atoms with Gasteiger partial charge in [-0.05, 0) is 57.7 Å². The summed E-state index contributed by atoms with van der Waals surface area (Å²) in [6.45, 7) is 0.646. The summed E-state index contributed by atoms with van der Waals surface area (Å²) < 4.78 is 14.3. The minimum Gasteiger partial charge on any atom is -0.480 e. The molecule has 0 aliphatic heterocycles. The molecule has 0 spiro atoms. The Bertz CT molecular complexity index is 1150. The van der Waals surface area contributed by atoms with Crippen LogP contribution < -0.4 is 10.6 Å². The van der Waals surface area contributed by atoms with E-state index in [1.165, 1.54) is 12.1 Å². The standard InChI is InChI=1S/C26H25BrFN3O4/c27-20-6-3-7-21(28)24(20)25(33)31-22(26(34)35)16-18-11-9-17(10-12-18)15-19(32)5-4-14-30-23-8-1-2-13-29-23/h1-3,6-13,22H,4-5,14-16H2,(H,29,30)(H,31,33)(H,34,35)/t22-/m0/s1. The second-order valence-corrected chi connectivity index (χ2v) is 8.80. The van der Waals surface area contributed by atoms with E-state index in [9.17, 15) is 23.9 Å². The van der Waals surface area contributed by atoms with E-state index in [0.29, 0.717) is 24.9 Å². The highest BCUT2D eigenvalue weighted by molar-refractivity contribution is 9.10. The molecular formula is C26H25BrFN3O4. The van der Waals surface area contributed by atoms with Crippen molar-refractivity contribution in [3.8, 4) is 0 Å². The molecule has 0 aliphatic carbocycles. The van der Waals surface area contributed by atoms with Gasteiger partial charge >= 0.3 is 5.97 Å². The lowest BCUT2D eigenvalue weighted by atomic mass is 10.0. The third kappa shape index (κ3) is 7.99. The predicted molar refractivity (Wildman–Crippen MR) is 134 cm³/mol. The molecule has 0 saturated heterocycles. The van der Waals surface area contributed by atoms with E-state index in [4.69, 9.17) is 0 Å². The fraction of sp³-hybridized carbons (Fsp3) is 0.231. The first-order valence-electron chi connectivity index (χ1n) is 11.1. The zero-order valence-electron chi connectivity index (χ0n) is 18.8. The van der Waals surface area contributed by atoms with Gasteiger partial charge in [0.05, 0.1) is 5.56 Å². The number of nitrogens with one attached hydrogen (secondary N) is 2. The van der Waals surface area contributed by atoms with Crippen LogP contribution in [0.2, 0.25) is 0 Å². The number of carbonyl (C=O) groups is 3. The minimum absolute atomic E-state index is 0.0144. The normalized spacial score (nSPS) is 11.5. The van der Waals surface area contributed by atoms with E-state index in [1.54, 1.807) is 30.5 Å². The average molecular weight is 542 g/mol. The SMILES string of the molecule is O=C(CCCNc1ccccn1)Cc1ccc(C[C@H](NC(=O)c2c(F)cccc2Br)C(=O)O)cc1. The average Bonchev–Trinajstić information content (AvgIpc) is 2.83. The summed E-state index contributed by atoms with van der Waals surface area (Å²) in [5.41, 5.74) is 1.24. The number of aromatic nitrogens is 1. The molecule has 182 valence electrons. The van der Waals surface area contributed by atoms with Crippen molar-refractivity contribution in [2.45, 2.75) is 31.7 Å². The van der Waals surface area contributed by atoms with Gasteiger partial charge in [0, 0.05) is 36.5 Å². The van der Waals surface area contributed by atoms with Crippen LogP contribution in [0.3, 0.4) is 0 Å². The lowest BCUT2D eigenvalue weighted by molar-refractivity contribution is -0.139. The molecule has 0 saturated carbocycles. The Morgan fingerprint density at radius 3 is 2.40 bits per heavy atom. The van der Waals surface area contributed by atoms with Crippen molar-refractivity contribution in [1.82, 2.24) is 10.3 Å². The molecular weight excluding hydrogens is 517 g/mol. The summed E-state index contributed by atoms with van der Waals surface area (Å²) in [6.07, 6.45) is 3.11. The fourth-order valence-corrected chi connectivity index (χ4v) is 3.98. The summed E-state index contributed by atoms with van der Waals surface area (Å²) in [6, 6.07) is 15.4. The largest absolute Gasteiger partial charge is 0.480 e. The van der Waals surface area contributed by atoms with Crippen molar-refractivity contribution in [3.63, 3.8) is 0 Å². The first-order chi connectivity index (χ1) is 16.8. The molecule has 3 rings (SSSR count). The van der Waals surface area contributed by atoms with Crippen LogP contribution in [0.15, 0.2) is 71.3 Å². The number of halogens is 2. The van der Waals surface area contributed by atoms with E-state index in [-0.39, 0.29) is 28.7 Å². The van der Waals surface area contributed by atoms with Crippen LogP contribution in [0.4, 0.5) is 10.2 Å². The lowest BCUT2D eigenvalue weighted by Gasteiger charge is -2.16. The molecule has 35 heavy (non-hydrogen) atoms. The minimum atomic E-state index is -1.24. The number of rotatable bonds is 12. The molecule has 7 nitrogen and oxygen atoms in total. The number of hydrogen-bond donors (Lipinski definition) is 3. The van der Waals surface area contributed by atoms with Crippen LogP contribution in [0.1, 0.15) is 34.3 Å². The molecule has 1 aromatic heterocycles. The fourth-order valence-electron chi connectivity index (χ4n) is 3.46. The third-order valence-electron chi connectivity index (χ3n) is 5.26.